The van der Waals surface area contributed by atoms with Gasteiger partial charge in [-0.1, -0.05) is 0 Å². The zero-order valence-corrected chi connectivity index (χ0v) is 26.6. The maximum atomic E-state index is 13.9. The zero-order valence-electron chi connectivity index (χ0n) is 26.6. The van der Waals surface area contributed by atoms with E-state index >= 15 is 0 Å². The summed E-state index contributed by atoms with van der Waals surface area (Å²) in [5, 5.41) is 14.8. The van der Waals surface area contributed by atoms with Gasteiger partial charge < -0.3 is 29.4 Å². The lowest BCUT2D eigenvalue weighted by molar-refractivity contribution is -0.144. The first-order chi connectivity index (χ1) is 21.8. The van der Waals surface area contributed by atoms with Crippen LogP contribution in [-0.2, 0) is 11.3 Å². The molecule has 5 atom stereocenters. The van der Waals surface area contributed by atoms with Gasteiger partial charge in [-0.15, -0.1) is 0 Å². The van der Waals surface area contributed by atoms with Crippen molar-refractivity contribution in [2.24, 2.45) is 11.8 Å². The third-order valence-electron chi connectivity index (χ3n) is 10.8. The van der Waals surface area contributed by atoms with Crippen LogP contribution in [-0.4, -0.2) is 92.1 Å². The first kappa shape index (κ1) is 28.9. The molecule has 4 aromatic heterocycles. The Bertz CT molecular complexity index is 1780. The molecule has 1 amide bonds. The fourth-order valence-electron chi connectivity index (χ4n) is 8.01. The lowest BCUT2D eigenvalue weighted by Gasteiger charge is -2.49. The van der Waals surface area contributed by atoms with Crippen LogP contribution in [0.2, 0.25) is 0 Å². The van der Waals surface area contributed by atoms with Gasteiger partial charge >= 0.3 is 0 Å². The van der Waals surface area contributed by atoms with Gasteiger partial charge in [0, 0.05) is 48.7 Å². The van der Waals surface area contributed by atoms with Crippen molar-refractivity contribution < 1.29 is 19.4 Å². The number of methoxy groups -OCH3 is 1. The molecule has 2 N–H and O–H groups in total. The maximum Gasteiger partial charge on any atom is 0.254 e. The van der Waals surface area contributed by atoms with E-state index in [1.54, 1.807) is 7.11 Å². The van der Waals surface area contributed by atoms with Gasteiger partial charge in [-0.25, -0.2) is 14.9 Å². The van der Waals surface area contributed by atoms with E-state index in [1.807, 2.05) is 34.5 Å². The number of hydrogen-bond acceptors (Lipinski definition) is 8. The number of imidazole rings is 1. The van der Waals surface area contributed by atoms with Gasteiger partial charge in [0.25, 0.3) is 5.91 Å². The summed E-state index contributed by atoms with van der Waals surface area (Å²) in [6.45, 7) is 6.97. The SMILES string of the molecule is CN[C@@H]1C[C@@H]2CC[C@@H]1CN2C(=O)c1cc(OC)n2c(C)c(-c3cc4ccc([C@@H](C)N5CCOC5O)nc4n3CC3CC3)nc2c1. The number of aryl methyl sites for hydroxylation is 1. The van der Waals surface area contributed by atoms with E-state index in [9.17, 15) is 9.90 Å². The topological polar surface area (TPSA) is 109 Å². The lowest BCUT2D eigenvalue weighted by Crippen LogP contribution is -2.59. The third kappa shape index (κ3) is 4.83. The molecule has 3 saturated heterocycles. The molecule has 11 heteroatoms. The molecule has 2 saturated carbocycles. The number of aromatic nitrogens is 4. The van der Waals surface area contributed by atoms with Crippen molar-refractivity contribution >= 4 is 22.6 Å². The Labute approximate surface area is 263 Å². The van der Waals surface area contributed by atoms with Crippen LogP contribution in [0.15, 0.2) is 30.3 Å². The van der Waals surface area contributed by atoms with Gasteiger partial charge in [0.15, 0.2) is 5.88 Å². The van der Waals surface area contributed by atoms with E-state index in [-0.39, 0.29) is 18.0 Å². The molecule has 1 unspecified atom stereocenters. The van der Waals surface area contributed by atoms with Gasteiger partial charge in [-0.2, -0.15) is 0 Å². The van der Waals surface area contributed by atoms with Crippen molar-refractivity contribution in [3.63, 3.8) is 0 Å². The predicted octanol–water partition coefficient (Wildman–Crippen LogP) is 3.96. The van der Waals surface area contributed by atoms with E-state index in [0.29, 0.717) is 48.1 Å². The van der Waals surface area contributed by atoms with Crippen LogP contribution >= 0.6 is 0 Å². The second-order valence-corrected chi connectivity index (χ2v) is 13.4. The van der Waals surface area contributed by atoms with Crippen LogP contribution < -0.4 is 10.1 Å². The molecule has 7 heterocycles. The van der Waals surface area contributed by atoms with Crippen molar-refractivity contribution in [2.75, 3.05) is 33.9 Å². The molecular weight excluding hydrogens is 570 g/mol. The summed E-state index contributed by atoms with van der Waals surface area (Å²) in [4.78, 5) is 28.3. The van der Waals surface area contributed by atoms with Crippen molar-refractivity contribution in [1.82, 2.24) is 34.1 Å². The van der Waals surface area contributed by atoms with Gasteiger partial charge in [-0.3, -0.25) is 9.20 Å². The Balaban J connectivity index is 1.19. The second-order valence-electron chi connectivity index (χ2n) is 13.4. The Kier molecular flexibility index (Phi) is 7.12. The number of rotatable bonds is 8. The number of ether oxygens (including phenoxy) is 2. The molecule has 11 nitrogen and oxygen atoms in total. The Morgan fingerprint density at radius 3 is 2.71 bits per heavy atom. The van der Waals surface area contributed by atoms with Crippen molar-refractivity contribution in [3.8, 4) is 17.3 Å². The van der Waals surface area contributed by atoms with E-state index in [4.69, 9.17) is 19.4 Å². The minimum absolute atomic E-state index is 0.0597. The number of fused-ring (bicyclic) bond motifs is 5. The number of piperidine rings is 2. The number of amides is 1. The van der Waals surface area contributed by atoms with Crippen molar-refractivity contribution in [2.45, 2.75) is 77.0 Å². The molecule has 4 aromatic rings. The molecule has 5 fully saturated rings. The van der Waals surface area contributed by atoms with Crippen LogP contribution in [0, 0.1) is 18.8 Å². The Morgan fingerprint density at radius 2 is 2.02 bits per heavy atom. The average Bonchev–Trinajstić information content (AvgIpc) is 3.54. The highest BCUT2D eigenvalue weighted by atomic mass is 16.6. The quantitative estimate of drug-likeness (QED) is 0.308. The third-order valence-corrected chi connectivity index (χ3v) is 10.8. The number of carbonyl (C=O) groups is 1. The summed E-state index contributed by atoms with van der Waals surface area (Å²) in [7, 11) is 3.69. The van der Waals surface area contributed by atoms with Gasteiger partial charge in [-0.05, 0) is 89.1 Å². The Morgan fingerprint density at radius 1 is 1.18 bits per heavy atom. The lowest BCUT2D eigenvalue weighted by atomic mass is 9.76. The van der Waals surface area contributed by atoms with E-state index in [0.717, 1.165) is 59.7 Å². The summed E-state index contributed by atoms with van der Waals surface area (Å²) >= 11 is 0. The summed E-state index contributed by atoms with van der Waals surface area (Å²) in [6, 6.07) is 10.8. The Hall–Kier alpha value is -3.51. The van der Waals surface area contributed by atoms with Gasteiger partial charge in [0.05, 0.1) is 36.8 Å². The van der Waals surface area contributed by atoms with Crippen molar-refractivity contribution in [3.05, 3.63) is 47.3 Å². The highest BCUT2D eigenvalue weighted by molar-refractivity contribution is 5.96. The summed E-state index contributed by atoms with van der Waals surface area (Å²) in [5.41, 5.74) is 5.99. The fraction of sp³-hybridized carbons (Fsp3) is 0.559. The first-order valence-electron chi connectivity index (χ1n) is 16.5. The van der Waals surface area contributed by atoms with Crippen LogP contribution in [0.5, 0.6) is 5.88 Å². The minimum Gasteiger partial charge on any atom is -0.482 e. The highest BCUT2D eigenvalue weighted by Gasteiger charge is 2.42. The number of hydrogen-bond donors (Lipinski definition) is 2. The van der Waals surface area contributed by atoms with Crippen LogP contribution in [0.1, 0.15) is 66.8 Å². The van der Waals surface area contributed by atoms with Gasteiger partial charge in [0.2, 0.25) is 6.41 Å². The van der Waals surface area contributed by atoms with Crippen LogP contribution in [0.25, 0.3) is 28.1 Å². The largest absolute Gasteiger partial charge is 0.482 e. The van der Waals surface area contributed by atoms with E-state index in [2.05, 4.69) is 40.8 Å². The van der Waals surface area contributed by atoms with Crippen molar-refractivity contribution in [1.29, 1.82) is 0 Å². The molecular formula is C34H43N7O4. The second kappa shape index (κ2) is 11.1. The zero-order chi connectivity index (χ0) is 31.0. The summed E-state index contributed by atoms with van der Waals surface area (Å²) < 4.78 is 15.6. The molecule has 45 heavy (non-hydrogen) atoms. The molecule has 5 aliphatic rings. The molecule has 2 aliphatic carbocycles. The standard InChI is InChI=1S/C34H43N7O4/c1-19(38-11-12-45-34(38)43)26-10-8-22-13-28(40(32(22)36-26)17-21-5-6-21)31-20(2)41-29(37-31)14-24(15-30(41)44-4)33(42)39-18-23-7-9-25(39)16-27(23)35-3/h8,10,13-15,19,21,23,25,27,34-35,43H,5-7,9,11-12,16-18H2,1-4H3/t19-,23-,25+,27-,34?/m1/s1. The minimum atomic E-state index is -0.908. The summed E-state index contributed by atoms with van der Waals surface area (Å²) in [5.74, 6) is 1.78. The number of nitrogens with one attached hydrogen (secondary N) is 1. The number of nitrogens with zero attached hydrogens (tertiary/aromatic N) is 6. The molecule has 238 valence electrons. The first-order valence-corrected chi connectivity index (χ1v) is 16.5. The smallest absolute Gasteiger partial charge is 0.254 e. The number of aliphatic hydroxyl groups excluding tert-OH is 1. The summed E-state index contributed by atoms with van der Waals surface area (Å²) in [6.07, 6.45) is 4.75. The van der Waals surface area contributed by atoms with Crippen LogP contribution in [0.4, 0.5) is 0 Å². The average molecular weight is 614 g/mol. The molecule has 0 radical (unpaired) electrons. The molecule has 0 aromatic carbocycles. The van der Waals surface area contributed by atoms with E-state index in [1.165, 1.54) is 19.3 Å². The number of pyridine rings is 2. The normalized spacial score (nSPS) is 25.9. The molecule has 9 rings (SSSR count). The predicted molar refractivity (Wildman–Crippen MR) is 170 cm³/mol. The molecule has 0 spiro atoms. The fourth-order valence-corrected chi connectivity index (χ4v) is 8.01. The maximum absolute atomic E-state index is 13.9. The number of aliphatic hydroxyl groups is 1. The number of carbonyl (C=O) groups excluding carboxylic acids is 1. The van der Waals surface area contributed by atoms with Gasteiger partial charge in [0.1, 0.15) is 17.0 Å². The highest BCUT2D eigenvalue weighted by Crippen LogP contribution is 2.39. The molecule has 3 aliphatic heterocycles. The monoisotopic (exact) mass is 613 g/mol. The van der Waals surface area contributed by atoms with E-state index < -0.39 is 6.41 Å². The molecule has 2 bridgehead atoms. The van der Waals surface area contributed by atoms with Crippen LogP contribution in [0.3, 0.4) is 0 Å².